The third-order valence-corrected chi connectivity index (χ3v) is 5.73. The van der Waals surface area contributed by atoms with E-state index in [0.717, 1.165) is 16.0 Å². The van der Waals surface area contributed by atoms with Crippen LogP contribution in [0.5, 0.6) is 0 Å². The molecule has 1 aliphatic rings. The van der Waals surface area contributed by atoms with Gasteiger partial charge in [0.1, 0.15) is 0 Å². The standard InChI is InChI=1S/C24H25N3O4/c1-26(2)19(20-11-6-14-31-20)15-25-21(28)12-5-13-27-23(29)17-9-3-7-16-8-4-10-18(22(16)17)24(27)30/h3-4,6-11,14,19H,5,12-13,15H2,1-2H3,(H,25,28)/p+1/t19-/m0/s1. The Kier molecular flexibility index (Phi) is 5.86. The second-order valence-electron chi connectivity index (χ2n) is 8.02. The number of nitrogens with zero attached hydrogens (tertiary/aromatic N) is 1. The quantitative estimate of drug-likeness (QED) is 0.545. The zero-order valence-electron chi connectivity index (χ0n) is 17.7. The number of benzene rings is 2. The van der Waals surface area contributed by atoms with E-state index in [1.807, 2.05) is 50.5 Å². The Labute approximate surface area is 180 Å². The largest absolute Gasteiger partial charge is 0.463 e. The molecule has 0 spiro atoms. The van der Waals surface area contributed by atoms with Crippen LogP contribution < -0.4 is 10.2 Å². The molecule has 1 aliphatic heterocycles. The first-order chi connectivity index (χ1) is 15.0. The van der Waals surface area contributed by atoms with E-state index in [1.165, 1.54) is 4.90 Å². The molecule has 2 heterocycles. The number of hydrogen-bond donors (Lipinski definition) is 2. The van der Waals surface area contributed by atoms with Crippen molar-refractivity contribution in [2.24, 2.45) is 0 Å². The molecule has 7 heteroatoms. The number of rotatable bonds is 8. The zero-order chi connectivity index (χ0) is 22.0. The van der Waals surface area contributed by atoms with Crippen LogP contribution in [0.4, 0.5) is 0 Å². The summed E-state index contributed by atoms with van der Waals surface area (Å²) in [6.07, 6.45) is 2.26. The fraction of sp³-hybridized carbons (Fsp3) is 0.292. The molecule has 7 nitrogen and oxygen atoms in total. The van der Waals surface area contributed by atoms with Crippen LogP contribution in [0.3, 0.4) is 0 Å². The topological polar surface area (TPSA) is 84.1 Å². The molecule has 0 aliphatic carbocycles. The molecule has 31 heavy (non-hydrogen) atoms. The molecule has 1 atom stereocenters. The number of hydrogen-bond acceptors (Lipinski definition) is 4. The molecular weight excluding hydrogens is 394 g/mol. The summed E-state index contributed by atoms with van der Waals surface area (Å²) in [4.78, 5) is 40.6. The van der Waals surface area contributed by atoms with Gasteiger partial charge in [-0.3, -0.25) is 19.3 Å². The van der Waals surface area contributed by atoms with Gasteiger partial charge in [0.25, 0.3) is 11.8 Å². The van der Waals surface area contributed by atoms with E-state index in [9.17, 15) is 14.4 Å². The highest BCUT2D eigenvalue weighted by Gasteiger charge is 2.32. The third kappa shape index (κ3) is 4.09. The van der Waals surface area contributed by atoms with Crippen LogP contribution in [-0.2, 0) is 4.79 Å². The molecule has 1 aromatic heterocycles. The Morgan fingerprint density at radius 3 is 2.29 bits per heavy atom. The highest BCUT2D eigenvalue weighted by Crippen LogP contribution is 2.30. The van der Waals surface area contributed by atoms with E-state index in [2.05, 4.69) is 5.32 Å². The Bertz CT molecular complexity index is 1070. The minimum Gasteiger partial charge on any atom is -0.463 e. The van der Waals surface area contributed by atoms with Crippen LogP contribution in [0.1, 0.15) is 45.4 Å². The van der Waals surface area contributed by atoms with Gasteiger partial charge in [0.15, 0.2) is 11.8 Å². The predicted molar refractivity (Wildman–Crippen MR) is 116 cm³/mol. The maximum absolute atomic E-state index is 12.9. The summed E-state index contributed by atoms with van der Waals surface area (Å²) in [5.41, 5.74) is 1.07. The summed E-state index contributed by atoms with van der Waals surface area (Å²) in [5.74, 6) is 0.0995. The first-order valence-electron chi connectivity index (χ1n) is 10.5. The molecular formula is C24H26N3O4+. The smallest absolute Gasteiger partial charge is 0.261 e. The van der Waals surface area contributed by atoms with Crippen molar-refractivity contribution < 1.29 is 23.7 Å². The molecule has 3 amide bonds. The normalized spacial score (nSPS) is 14.4. The molecule has 4 rings (SSSR count). The summed E-state index contributed by atoms with van der Waals surface area (Å²) < 4.78 is 5.47. The van der Waals surface area contributed by atoms with Crippen LogP contribution in [0.25, 0.3) is 10.8 Å². The summed E-state index contributed by atoms with van der Waals surface area (Å²) in [5, 5.41) is 4.53. The molecule has 160 valence electrons. The summed E-state index contributed by atoms with van der Waals surface area (Å²) in [6.45, 7) is 0.655. The lowest BCUT2D eigenvalue weighted by Crippen LogP contribution is -3.07. The second kappa shape index (κ2) is 8.73. The number of carbonyl (C=O) groups is 3. The third-order valence-electron chi connectivity index (χ3n) is 5.73. The second-order valence-corrected chi connectivity index (χ2v) is 8.02. The first-order valence-corrected chi connectivity index (χ1v) is 10.5. The molecule has 0 bridgehead atoms. The molecule has 2 N–H and O–H groups in total. The monoisotopic (exact) mass is 420 g/mol. The Morgan fingerprint density at radius 1 is 1.03 bits per heavy atom. The molecule has 3 aromatic rings. The minimum absolute atomic E-state index is 0.0150. The maximum atomic E-state index is 12.9. The average Bonchev–Trinajstić information content (AvgIpc) is 3.28. The van der Waals surface area contributed by atoms with Crippen LogP contribution in [-0.4, -0.2) is 49.8 Å². The molecule has 0 saturated carbocycles. The highest BCUT2D eigenvalue weighted by molar-refractivity contribution is 6.25. The van der Waals surface area contributed by atoms with E-state index in [0.29, 0.717) is 29.5 Å². The first kappa shape index (κ1) is 20.8. The van der Waals surface area contributed by atoms with Gasteiger partial charge in [-0.05, 0) is 36.1 Å². The Morgan fingerprint density at radius 2 is 1.71 bits per heavy atom. The predicted octanol–water partition coefficient (Wildman–Crippen LogP) is 1.81. The van der Waals surface area contributed by atoms with Gasteiger partial charge >= 0.3 is 0 Å². The van der Waals surface area contributed by atoms with Gasteiger partial charge in [-0.2, -0.15) is 0 Å². The van der Waals surface area contributed by atoms with Crippen molar-refractivity contribution in [1.29, 1.82) is 0 Å². The van der Waals surface area contributed by atoms with Crippen molar-refractivity contribution >= 4 is 28.5 Å². The number of carbonyl (C=O) groups excluding carboxylic acids is 3. The van der Waals surface area contributed by atoms with E-state index < -0.39 is 0 Å². The van der Waals surface area contributed by atoms with Gasteiger partial charge in [-0.15, -0.1) is 0 Å². The fourth-order valence-electron chi connectivity index (χ4n) is 4.06. The van der Waals surface area contributed by atoms with Gasteiger partial charge in [-0.1, -0.05) is 24.3 Å². The van der Waals surface area contributed by atoms with Crippen LogP contribution in [0.2, 0.25) is 0 Å². The van der Waals surface area contributed by atoms with Gasteiger partial charge in [0.05, 0.1) is 26.9 Å². The van der Waals surface area contributed by atoms with Crippen molar-refractivity contribution in [3.8, 4) is 0 Å². The summed E-state index contributed by atoms with van der Waals surface area (Å²) in [7, 11) is 4.01. The Balaban J connectivity index is 1.35. The molecule has 2 aromatic carbocycles. The maximum Gasteiger partial charge on any atom is 0.261 e. The van der Waals surface area contributed by atoms with Crippen molar-refractivity contribution in [3.63, 3.8) is 0 Å². The lowest BCUT2D eigenvalue weighted by Gasteiger charge is -2.27. The number of furan rings is 1. The highest BCUT2D eigenvalue weighted by atomic mass is 16.3. The van der Waals surface area contributed by atoms with Crippen molar-refractivity contribution in [3.05, 3.63) is 71.7 Å². The molecule has 0 fully saturated rings. The van der Waals surface area contributed by atoms with Gasteiger partial charge in [0, 0.05) is 29.5 Å². The number of imide groups is 1. The van der Waals surface area contributed by atoms with E-state index in [-0.39, 0.29) is 36.7 Å². The average molecular weight is 420 g/mol. The summed E-state index contributed by atoms with van der Waals surface area (Å²) >= 11 is 0. The summed E-state index contributed by atoms with van der Waals surface area (Å²) in [6, 6.07) is 14.7. The lowest BCUT2D eigenvalue weighted by atomic mass is 9.94. The SMILES string of the molecule is C[NH+](C)[C@@H](CNC(=O)CCCN1C(=O)c2cccc3cccc(c23)C1=O)c1ccco1. The van der Waals surface area contributed by atoms with Crippen molar-refractivity contribution in [2.45, 2.75) is 18.9 Å². The number of quaternary nitrogens is 1. The lowest BCUT2D eigenvalue weighted by molar-refractivity contribution is -0.891. The van der Waals surface area contributed by atoms with Gasteiger partial charge in [-0.25, -0.2) is 0 Å². The zero-order valence-corrected chi connectivity index (χ0v) is 17.7. The van der Waals surface area contributed by atoms with Crippen LogP contribution >= 0.6 is 0 Å². The number of amides is 3. The van der Waals surface area contributed by atoms with Gasteiger partial charge < -0.3 is 14.6 Å². The van der Waals surface area contributed by atoms with Crippen molar-refractivity contribution in [2.75, 3.05) is 27.2 Å². The molecule has 0 unspecified atom stereocenters. The Hall–Kier alpha value is -3.45. The minimum atomic E-state index is -0.302. The van der Waals surface area contributed by atoms with Crippen LogP contribution in [0, 0.1) is 0 Å². The van der Waals surface area contributed by atoms with Gasteiger partial charge in [0.2, 0.25) is 5.91 Å². The molecule has 0 radical (unpaired) electrons. The van der Waals surface area contributed by atoms with E-state index in [4.69, 9.17) is 4.42 Å². The van der Waals surface area contributed by atoms with Crippen molar-refractivity contribution in [1.82, 2.24) is 10.2 Å². The number of nitrogens with one attached hydrogen (secondary N) is 2. The molecule has 0 saturated heterocycles. The van der Waals surface area contributed by atoms with Crippen LogP contribution in [0.15, 0.2) is 59.2 Å². The number of likely N-dealkylation sites (N-methyl/N-ethyl adjacent to an activating group) is 1. The fourth-order valence-corrected chi connectivity index (χ4v) is 4.06. The van der Waals surface area contributed by atoms with E-state index in [1.54, 1.807) is 18.4 Å². The van der Waals surface area contributed by atoms with E-state index >= 15 is 0 Å².